The SMILES string of the molecule is COCCn1nc(C(C)C)cc(C(C)=O)c1=O. The topological polar surface area (TPSA) is 61.2 Å². The molecule has 0 aliphatic heterocycles. The maximum Gasteiger partial charge on any atom is 0.277 e. The molecule has 0 spiro atoms. The number of hydrogen-bond donors (Lipinski definition) is 0. The van der Waals surface area contributed by atoms with Gasteiger partial charge in [0.05, 0.1) is 24.4 Å². The molecule has 0 atom stereocenters. The summed E-state index contributed by atoms with van der Waals surface area (Å²) in [6.45, 7) is 6.08. The Bertz CT molecular complexity index is 463. The number of aromatic nitrogens is 2. The van der Waals surface area contributed by atoms with Gasteiger partial charge in [0, 0.05) is 7.11 Å². The highest BCUT2D eigenvalue weighted by Crippen LogP contribution is 2.10. The van der Waals surface area contributed by atoms with Crippen LogP contribution in [0.3, 0.4) is 0 Å². The summed E-state index contributed by atoms with van der Waals surface area (Å²) in [5.41, 5.74) is 0.588. The Labute approximate surface area is 100 Å². The molecular weight excluding hydrogens is 220 g/mol. The number of methoxy groups -OCH3 is 1. The molecule has 0 amide bonds. The van der Waals surface area contributed by atoms with Crippen molar-refractivity contribution in [2.45, 2.75) is 33.2 Å². The molecule has 1 aromatic heterocycles. The van der Waals surface area contributed by atoms with Gasteiger partial charge in [0.2, 0.25) is 0 Å². The quantitative estimate of drug-likeness (QED) is 0.723. The van der Waals surface area contributed by atoms with Crippen LogP contribution >= 0.6 is 0 Å². The Hall–Kier alpha value is -1.49. The highest BCUT2D eigenvalue weighted by Gasteiger charge is 2.13. The Morgan fingerprint density at radius 1 is 1.53 bits per heavy atom. The van der Waals surface area contributed by atoms with Gasteiger partial charge >= 0.3 is 0 Å². The van der Waals surface area contributed by atoms with Crippen molar-refractivity contribution in [2.75, 3.05) is 13.7 Å². The van der Waals surface area contributed by atoms with Crippen molar-refractivity contribution in [1.29, 1.82) is 0 Å². The van der Waals surface area contributed by atoms with Gasteiger partial charge in [-0.15, -0.1) is 0 Å². The molecule has 0 N–H and O–H groups in total. The molecule has 0 unspecified atom stereocenters. The average molecular weight is 238 g/mol. The first-order valence-electron chi connectivity index (χ1n) is 5.59. The molecule has 0 saturated heterocycles. The van der Waals surface area contributed by atoms with E-state index in [0.29, 0.717) is 13.2 Å². The van der Waals surface area contributed by atoms with Crippen molar-refractivity contribution >= 4 is 5.78 Å². The van der Waals surface area contributed by atoms with Crippen molar-refractivity contribution in [3.8, 4) is 0 Å². The smallest absolute Gasteiger partial charge is 0.277 e. The fourth-order valence-electron chi connectivity index (χ4n) is 1.43. The van der Waals surface area contributed by atoms with E-state index < -0.39 is 0 Å². The van der Waals surface area contributed by atoms with Crippen LogP contribution in [0.15, 0.2) is 10.9 Å². The molecule has 0 saturated carbocycles. The molecule has 1 rings (SSSR count). The van der Waals surface area contributed by atoms with Gasteiger partial charge in [0.15, 0.2) is 5.78 Å². The fraction of sp³-hybridized carbons (Fsp3) is 0.583. The zero-order valence-corrected chi connectivity index (χ0v) is 10.7. The minimum Gasteiger partial charge on any atom is -0.383 e. The molecule has 0 radical (unpaired) electrons. The average Bonchev–Trinajstić information content (AvgIpc) is 2.26. The lowest BCUT2D eigenvalue weighted by Crippen LogP contribution is -2.30. The maximum absolute atomic E-state index is 11.9. The highest BCUT2D eigenvalue weighted by molar-refractivity contribution is 5.93. The van der Waals surface area contributed by atoms with E-state index in [1.54, 1.807) is 13.2 Å². The second-order valence-corrected chi connectivity index (χ2v) is 4.21. The number of rotatable bonds is 5. The fourth-order valence-corrected chi connectivity index (χ4v) is 1.43. The van der Waals surface area contributed by atoms with E-state index in [4.69, 9.17) is 4.74 Å². The summed E-state index contributed by atoms with van der Waals surface area (Å²) in [5, 5.41) is 4.22. The van der Waals surface area contributed by atoms with Crippen LogP contribution in [0.4, 0.5) is 0 Å². The molecule has 0 aromatic carbocycles. The summed E-state index contributed by atoms with van der Waals surface area (Å²) in [4.78, 5) is 23.3. The van der Waals surface area contributed by atoms with E-state index in [2.05, 4.69) is 5.10 Å². The van der Waals surface area contributed by atoms with Crippen molar-refractivity contribution in [1.82, 2.24) is 9.78 Å². The van der Waals surface area contributed by atoms with E-state index in [1.165, 1.54) is 11.6 Å². The molecule has 0 aliphatic rings. The third kappa shape index (κ3) is 3.23. The van der Waals surface area contributed by atoms with Gasteiger partial charge in [-0.1, -0.05) is 13.8 Å². The molecular formula is C12H18N2O3. The van der Waals surface area contributed by atoms with Crippen LogP contribution in [-0.2, 0) is 11.3 Å². The monoisotopic (exact) mass is 238 g/mol. The lowest BCUT2D eigenvalue weighted by Gasteiger charge is -2.10. The van der Waals surface area contributed by atoms with Crippen LogP contribution in [0.1, 0.15) is 42.7 Å². The Balaban J connectivity index is 3.28. The van der Waals surface area contributed by atoms with Crippen molar-refractivity contribution in [3.05, 3.63) is 27.7 Å². The predicted octanol–water partition coefficient (Wildman–Crippen LogP) is 1.22. The van der Waals surface area contributed by atoms with Gasteiger partial charge in [0.25, 0.3) is 5.56 Å². The van der Waals surface area contributed by atoms with Gasteiger partial charge in [0.1, 0.15) is 0 Å². The second kappa shape index (κ2) is 5.72. The summed E-state index contributed by atoms with van der Waals surface area (Å²) >= 11 is 0. The molecule has 0 bridgehead atoms. The molecule has 1 heterocycles. The minimum absolute atomic E-state index is 0.169. The van der Waals surface area contributed by atoms with Crippen molar-refractivity contribution < 1.29 is 9.53 Å². The molecule has 5 heteroatoms. The first-order valence-corrected chi connectivity index (χ1v) is 5.59. The van der Waals surface area contributed by atoms with Gasteiger partial charge in [-0.05, 0) is 18.9 Å². The summed E-state index contributed by atoms with van der Waals surface area (Å²) in [6.07, 6.45) is 0. The van der Waals surface area contributed by atoms with Gasteiger partial charge in [-0.25, -0.2) is 4.68 Å². The minimum atomic E-state index is -0.348. The largest absolute Gasteiger partial charge is 0.383 e. The second-order valence-electron chi connectivity index (χ2n) is 4.21. The number of Topliss-reactive ketones (excluding diaryl/α,β-unsaturated/α-hetero) is 1. The summed E-state index contributed by atoms with van der Waals surface area (Å²) < 4.78 is 6.22. The summed E-state index contributed by atoms with van der Waals surface area (Å²) in [7, 11) is 1.56. The third-order valence-electron chi connectivity index (χ3n) is 2.47. The van der Waals surface area contributed by atoms with E-state index in [1.807, 2.05) is 13.8 Å². The molecule has 17 heavy (non-hydrogen) atoms. The van der Waals surface area contributed by atoms with Crippen LogP contribution in [0.25, 0.3) is 0 Å². The van der Waals surface area contributed by atoms with Gasteiger partial charge in [-0.2, -0.15) is 5.10 Å². The van der Waals surface area contributed by atoms with Crippen molar-refractivity contribution in [3.63, 3.8) is 0 Å². The third-order valence-corrected chi connectivity index (χ3v) is 2.47. The molecule has 1 aromatic rings. The number of carbonyl (C=O) groups excluding carboxylic acids is 1. The summed E-state index contributed by atoms with van der Waals surface area (Å²) in [6, 6.07) is 1.58. The van der Waals surface area contributed by atoms with Gasteiger partial charge < -0.3 is 4.74 Å². The van der Waals surface area contributed by atoms with E-state index in [-0.39, 0.29) is 22.8 Å². The summed E-state index contributed by atoms with van der Waals surface area (Å²) in [5.74, 6) is -0.0621. The predicted molar refractivity (Wildman–Crippen MR) is 64.5 cm³/mol. The molecule has 5 nitrogen and oxygen atoms in total. The Kier molecular flexibility index (Phi) is 4.57. The van der Waals surface area contributed by atoms with Crippen LogP contribution in [0.5, 0.6) is 0 Å². The molecule has 0 fully saturated rings. The van der Waals surface area contributed by atoms with E-state index >= 15 is 0 Å². The number of nitrogens with zero attached hydrogens (tertiary/aromatic N) is 2. The molecule has 94 valence electrons. The van der Waals surface area contributed by atoms with Crippen LogP contribution in [0.2, 0.25) is 0 Å². The standard InChI is InChI=1S/C12H18N2O3/c1-8(2)11-7-10(9(3)15)12(16)14(13-11)5-6-17-4/h7-8H,5-6H2,1-4H3. The Morgan fingerprint density at radius 2 is 2.18 bits per heavy atom. The lowest BCUT2D eigenvalue weighted by molar-refractivity contribution is 0.101. The maximum atomic E-state index is 11.9. The number of hydrogen-bond acceptors (Lipinski definition) is 4. The lowest BCUT2D eigenvalue weighted by atomic mass is 10.1. The number of carbonyl (C=O) groups is 1. The van der Waals surface area contributed by atoms with Crippen LogP contribution < -0.4 is 5.56 Å². The number of ketones is 1. The van der Waals surface area contributed by atoms with E-state index in [0.717, 1.165) is 5.69 Å². The first-order chi connectivity index (χ1) is 7.97. The highest BCUT2D eigenvalue weighted by atomic mass is 16.5. The zero-order chi connectivity index (χ0) is 13.0. The van der Waals surface area contributed by atoms with E-state index in [9.17, 15) is 9.59 Å². The van der Waals surface area contributed by atoms with Crippen LogP contribution in [0, 0.1) is 0 Å². The first kappa shape index (κ1) is 13.6. The van der Waals surface area contributed by atoms with Crippen molar-refractivity contribution in [2.24, 2.45) is 0 Å². The molecule has 0 aliphatic carbocycles. The number of ether oxygens (including phenoxy) is 1. The Morgan fingerprint density at radius 3 is 2.65 bits per heavy atom. The normalized spacial score (nSPS) is 10.9. The van der Waals surface area contributed by atoms with Crippen LogP contribution in [-0.4, -0.2) is 29.3 Å². The van der Waals surface area contributed by atoms with Gasteiger partial charge in [-0.3, -0.25) is 9.59 Å². The zero-order valence-electron chi connectivity index (χ0n) is 10.7.